The molecule has 1 aliphatic heterocycles. The van der Waals surface area contributed by atoms with E-state index < -0.39 is 32.6 Å². The van der Waals surface area contributed by atoms with Crippen molar-refractivity contribution in [2.75, 3.05) is 13.3 Å². The molecule has 196 valence electrons. The molecule has 0 spiro atoms. The number of nitrogens with one attached hydrogen (secondary N) is 3. The van der Waals surface area contributed by atoms with Gasteiger partial charge in [-0.3, -0.25) is 14.9 Å². The predicted molar refractivity (Wildman–Crippen MR) is 138 cm³/mol. The number of carbonyl (C=O) groups excluding carboxylic acids is 3. The number of sulfone groups is 1. The minimum Gasteiger partial charge on any atom is -0.423 e. The quantitative estimate of drug-likeness (QED) is 0.289. The minimum atomic E-state index is -3.79. The maximum absolute atomic E-state index is 12.8. The van der Waals surface area contributed by atoms with Crippen molar-refractivity contribution in [1.29, 1.82) is 0 Å². The van der Waals surface area contributed by atoms with Gasteiger partial charge in [-0.1, -0.05) is 18.2 Å². The molecule has 4 aromatic rings. The maximum Gasteiger partial charge on any atom is 0.322 e. The van der Waals surface area contributed by atoms with E-state index in [0.717, 1.165) is 22.1 Å². The second kappa shape index (κ2) is 9.29. The van der Waals surface area contributed by atoms with Crippen molar-refractivity contribution >= 4 is 49.2 Å². The third-order valence-corrected chi connectivity index (χ3v) is 8.59. The lowest BCUT2D eigenvalue weighted by atomic mass is 9.98. The average molecular weight is 555 g/mol. The van der Waals surface area contributed by atoms with Crippen molar-refractivity contribution in [1.82, 2.24) is 31.1 Å². The molecule has 2 atom stereocenters. The fourth-order valence-corrected chi connectivity index (χ4v) is 6.67. The first kappa shape index (κ1) is 25.5. The van der Waals surface area contributed by atoms with Crippen LogP contribution in [0.3, 0.4) is 0 Å². The van der Waals surface area contributed by atoms with Crippen LogP contribution in [0.5, 0.6) is 0 Å². The van der Waals surface area contributed by atoms with Gasteiger partial charge in [0.1, 0.15) is 10.5 Å². The van der Waals surface area contributed by atoms with Gasteiger partial charge >= 0.3 is 6.03 Å². The summed E-state index contributed by atoms with van der Waals surface area (Å²) in [5.41, 5.74) is 1.45. The summed E-state index contributed by atoms with van der Waals surface area (Å²) < 4.78 is 32.0. The van der Waals surface area contributed by atoms with Gasteiger partial charge in [0, 0.05) is 18.9 Å². The summed E-state index contributed by atoms with van der Waals surface area (Å²) in [6, 6.07) is 12.0. The van der Waals surface area contributed by atoms with E-state index in [4.69, 9.17) is 4.42 Å². The number of nitrogens with zero attached hydrogens (tertiary/aromatic N) is 3. The first-order valence-electron chi connectivity index (χ1n) is 11.3. The number of amides is 4. The molecule has 2 aromatic heterocycles. The molecule has 0 radical (unpaired) electrons. The molecule has 5 rings (SSSR count). The standard InChI is InChI=1S/C24H22N6O6S2/c1-24(22(32)27-23(33)28-24)11-17-29-30-20(36-17)18(38(3,34)35)21-26-15-8-7-13(10-16(15)37-21)12-5-4-6-14(9-12)19(31)25-2/h4-10,18H,11H2,1-3H3,(H,25,31)(H2,27,28,32,33). The first-order chi connectivity index (χ1) is 18.0. The highest BCUT2D eigenvalue weighted by Crippen LogP contribution is 2.36. The summed E-state index contributed by atoms with van der Waals surface area (Å²) in [6.07, 6.45) is 0.932. The lowest BCUT2D eigenvalue weighted by Gasteiger charge is -2.17. The average Bonchev–Trinajstić information content (AvgIpc) is 3.54. The number of urea groups is 1. The predicted octanol–water partition coefficient (Wildman–Crippen LogP) is 1.98. The normalized spacial score (nSPS) is 18.3. The molecule has 0 bridgehead atoms. The molecular weight excluding hydrogens is 532 g/mol. The summed E-state index contributed by atoms with van der Waals surface area (Å²) in [6.45, 7) is 1.50. The molecule has 3 heterocycles. The Morgan fingerprint density at radius 2 is 1.92 bits per heavy atom. The Morgan fingerprint density at radius 1 is 1.16 bits per heavy atom. The Balaban J connectivity index is 1.48. The molecule has 4 amide bonds. The Bertz CT molecular complexity index is 1710. The van der Waals surface area contributed by atoms with Crippen LogP contribution in [0.1, 0.15) is 39.3 Å². The molecule has 3 N–H and O–H groups in total. The first-order valence-corrected chi connectivity index (χ1v) is 14.1. The van der Waals surface area contributed by atoms with E-state index in [1.54, 1.807) is 31.3 Å². The second-order valence-corrected chi connectivity index (χ2v) is 12.2. The molecule has 2 unspecified atom stereocenters. The number of hydrogen-bond donors (Lipinski definition) is 3. The van der Waals surface area contributed by atoms with Gasteiger partial charge in [0.15, 0.2) is 15.1 Å². The molecule has 1 fully saturated rings. The van der Waals surface area contributed by atoms with E-state index in [9.17, 15) is 22.8 Å². The zero-order valence-corrected chi connectivity index (χ0v) is 22.1. The van der Waals surface area contributed by atoms with Gasteiger partial charge < -0.3 is 15.1 Å². The summed E-state index contributed by atoms with van der Waals surface area (Å²) in [5, 5.41) is 14.0. The molecule has 1 saturated heterocycles. The van der Waals surface area contributed by atoms with Crippen molar-refractivity contribution in [3.05, 3.63) is 64.8 Å². The molecule has 1 aliphatic rings. The number of hydrogen-bond acceptors (Lipinski definition) is 10. The number of thiazole rings is 1. The summed E-state index contributed by atoms with van der Waals surface area (Å²) in [4.78, 5) is 40.2. The van der Waals surface area contributed by atoms with Gasteiger partial charge in [0.05, 0.1) is 16.6 Å². The highest BCUT2D eigenvalue weighted by Gasteiger charge is 2.44. The van der Waals surface area contributed by atoms with Crippen LogP contribution in [0.2, 0.25) is 0 Å². The molecule has 2 aromatic carbocycles. The number of carbonyl (C=O) groups is 3. The van der Waals surface area contributed by atoms with Crippen LogP contribution in [-0.4, -0.2) is 60.3 Å². The fourth-order valence-electron chi connectivity index (χ4n) is 4.14. The van der Waals surface area contributed by atoms with E-state index in [2.05, 4.69) is 31.1 Å². The molecule has 12 nitrogen and oxygen atoms in total. The van der Waals surface area contributed by atoms with Crippen LogP contribution < -0.4 is 16.0 Å². The Labute approximate surface area is 220 Å². The lowest BCUT2D eigenvalue weighted by molar-refractivity contribution is -0.123. The van der Waals surface area contributed by atoms with E-state index >= 15 is 0 Å². The van der Waals surface area contributed by atoms with Gasteiger partial charge in [-0.25, -0.2) is 18.2 Å². The number of aromatic nitrogens is 3. The zero-order chi connectivity index (χ0) is 27.2. The van der Waals surface area contributed by atoms with E-state index in [1.807, 2.05) is 18.2 Å². The van der Waals surface area contributed by atoms with Crippen molar-refractivity contribution < 1.29 is 27.2 Å². The van der Waals surface area contributed by atoms with Crippen LogP contribution in [0.4, 0.5) is 4.79 Å². The Hall–Kier alpha value is -4.17. The minimum absolute atomic E-state index is 0.00658. The molecule has 0 saturated carbocycles. The highest BCUT2D eigenvalue weighted by atomic mass is 32.2. The number of benzene rings is 2. The third-order valence-electron chi connectivity index (χ3n) is 6.07. The number of imide groups is 1. The topological polar surface area (TPSA) is 173 Å². The SMILES string of the molecule is CNC(=O)c1cccc(-c2ccc3nc(C(c4nnc(CC5(C)NC(=O)NC5=O)o4)S(C)(=O)=O)sc3c2)c1. The van der Waals surface area contributed by atoms with Gasteiger partial charge in [0.25, 0.3) is 11.8 Å². The second-order valence-electron chi connectivity index (χ2n) is 9.06. The number of rotatable bonds is 7. The van der Waals surface area contributed by atoms with Crippen molar-refractivity contribution in [2.24, 2.45) is 0 Å². The molecular formula is C24H22N6O6S2. The van der Waals surface area contributed by atoms with E-state index in [0.29, 0.717) is 11.1 Å². The van der Waals surface area contributed by atoms with Crippen LogP contribution in [-0.2, 0) is 21.1 Å². The van der Waals surface area contributed by atoms with Gasteiger partial charge in [-0.2, -0.15) is 0 Å². The van der Waals surface area contributed by atoms with Gasteiger partial charge in [0.2, 0.25) is 11.8 Å². The summed E-state index contributed by atoms with van der Waals surface area (Å²) >= 11 is 1.17. The van der Waals surface area contributed by atoms with Crippen molar-refractivity contribution in [3.63, 3.8) is 0 Å². The van der Waals surface area contributed by atoms with Crippen LogP contribution >= 0.6 is 11.3 Å². The molecule has 38 heavy (non-hydrogen) atoms. The van der Waals surface area contributed by atoms with Crippen molar-refractivity contribution in [2.45, 2.75) is 24.1 Å². The summed E-state index contributed by atoms with van der Waals surface area (Å²) in [5.74, 6) is -0.945. The van der Waals surface area contributed by atoms with Crippen LogP contribution in [0, 0.1) is 0 Å². The smallest absolute Gasteiger partial charge is 0.322 e. The highest BCUT2D eigenvalue weighted by molar-refractivity contribution is 7.91. The largest absolute Gasteiger partial charge is 0.423 e. The molecule has 14 heteroatoms. The lowest BCUT2D eigenvalue weighted by Crippen LogP contribution is -2.45. The third kappa shape index (κ3) is 4.75. The van der Waals surface area contributed by atoms with Gasteiger partial charge in [-0.15, -0.1) is 21.5 Å². The fraction of sp³-hybridized carbons (Fsp3) is 0.250. The van der Waals surface area contributed by atoms with E-state index in [-0.39, 0.29) is 29.1 Å². The van der Waals surface area contributed by atoms with Gasteiger partial charge in [-0.05, 0) is 42.3 Å². The number of fused-ring (bicyclic) bond motifs is 1. The Morgan fingerprint density at radius 3 is 2.61 bits per heavy atom. The maximum atomic E-state index is 12.8. The zero-order valence-electron chi connectivity index (χ0n) is 20.4. The van der Waals surface area contributed by atoms with Crippen LogP contribution in [0.25, 0.3) is 21.3 Å². The monoisotopic (exact) mass is 554 g/mol. The van der Waals surface area contributed by atoms with E-state index in [1.165, 1.54) is 18.3 Å². The Kier molecular flexibility index (Phi) is 6.23. The van der Waals surface area contributed by atoms with Crippen LogP contribution in [0.15, 0.2) is 46.9 Å². The van der Waals surface area contributed by atoms with Crippen molar-refractivity contribution in [3.8, 4) is 11.1 Å². The molecule has 0 aliphatic carbocycles. The summed E-state index contributed by atoms with van der Waals surface area (Å²) in [7, 11) is -2.23.